The van der Waals surface area contributed by atoms with E-state index in [-0.39, 0.29) is 5.91 Å². The van der Waals surface area contributed by atoms with Gasteiger partial charge in [0.15, 0.2) is 0 Å². The Morgan fingerprint density at radius 3 is 2.59 bits per heavy atom. The highest BCUT2D eigenvalue weighted by Gasteiger charge is 2.27. The van der Waals surface area contributed by atoms with Crippen LogP contribution in [-0.4, -0.2) is 58.0 Å². The van der Waals surface area contributed by atoms with Gasteiger partial charge in [-0.1, -0.05) is 25.1 Å². The van der Waals surface area contributed by atoms with Crippen molar-refractivity contribution in [3.8, 4) is 5.69 Å². The number of aryl methyl sites for hydroxylation is 1. The maximum atomic E-state index is 13.4. The van der Waals surface area contributed by atoms with Crippen molar-refractivity contribution in [3.63, 3.8) is 0 Å². The number of imidazole rings is 1. The predicted molar refractivity (Wildman–Crippen MR) is 129 cm³/mol. The highest BCUT2D eigenvalue weighted by Crippen LogP contribution is 2.25. The van der Waals surface area contributed by atoms with Crippen molar-refractivity contribution in [2.75, 3.05) is 32.7 Å². The van der Waals surface area contributed by atoms with Crippen LogP contribution in [0.15, 0.2) is 48.5 Å². The topological polar surface area (TPSA) is 41.4 Å². The molecule has 1 atom stereocenters. The van der Waals surface area contributed by atoms with Crippen LogP contribution in [0, 0.1) is 18.8 Å². The van der Waals surface area contributed by atoms with E-state index in [0.29, 0.717) is 5.92 Å². The molecule has 2 fully saturated rings. The third kappa shape index (κ3) is 4.31. The molecule has 0 aliphatic carbocycles. The molecule has 0 N–H and O–H groups in total. The SMILES string of the molecule is Cc1nc2cc(C(=O)N3CCCC(CN4CCC(C)CC4)C3)ccc2n1-c1ccccc1. The third-order valence-electron chi connectivity index (χ3n) is 7.28. The Morgan fingerprint density at radius 2 is 1.81 bits per heavy atom. The molecule has 5 nitrogen and oxygen atoms in total. The summed E-state index contributed by atoms with van der Waals surface area (Å²) in [6.45, 7) is 9.68. The van der Waals surface area contributed by atoms with Crippen molar-refractivity contribution in [2.24, 2.45) is 11.8 Å². The second kappa shape index (κ2) is 9.07. The molecule has 0 spiro atoms. The van der Waals surface area contributed by atoms with E-state index in [4.69, 9.17) is 4.98 Å². The second-order valence-corrected chi connectivity index (χ2v) is 9.78. The molecule has 0 bridgehead atoms. The smallest absolute Gasteiger partial charge is 0.253 e. The molecule has 5 heteroatoms. The summed E-state index contributed by atoms with van der Waals surface area (Å²) in [7, 11) is 0. The number of piperidine rings is 2. The minimum absolute atomic E-state index is 0.149. The molecule has 3 aromatic rings. The maximum absolute atomic E-state index is 13.4. The van der Waals surface area contributed by atoms with Crippen molar-refractivity contribution in [1.82, 2.24) is 19.4 Å². The molecule has 168 valence electrons. The Balaban J connectivity index is 1.31. The van der Waals surface area contributed by atoms with E-state index in [0.717, 1.165) is 60.1 Å². The van der Waals surface area contributed by atoms with Gasteiger partial charge in [0.2, 0.25) is 0 Å². The van der Waals surface area contributed by atoms with Gasteiger partial charge in [0.05, 0.1) is 11.0 Å². The van der Waals surface area contributed by atoms with Crippen LogP contribution in [0.25, 0.3) is 16.7 Å². The number of nitrogens with zero attached hydrogens (tertiary/aromatic N) is 4. The molecule has 2 aromatic carbocycles. The fraction of sp³-hybridized carbons (Fsp3) is 0.481. The van der Waals surface area contributed by atoms with E-state index in [1.165, 1.54) is 32.4 Å². The Kier molecular flexibility index (Phi) is 6.01. The van der Waals surface area contributed by atoms with E-state index in [1.54, 1.807) is 0 Å². The molecule has 2 saturated heterocycles. The number of fused-ring (bicyclic) bond motifs is 1. The molecule has 2 aliphatic rings. The van der Waals surface area contributed by atoms with Crippen molar-refractivity contribution in [3.05, 3.63) is 59.9 Å². The summed E-state index contributed by atoms with van der Waals surface area (Å²) in [4.78, 5) is 22.8. The van der Waals surface area contributed by atoms with E-state index < -0.39 is 0 Å². The summed E-state index contributed by atoms with van der Waals surface area (Å²) in [6, 6.07) is 16.3. The Labute approximate surface area is 191 Å². The number of carbonyl (C=O) groups excluding carboxylic acids is 1. The van der Waals surface area contributed by atoms with Crippen LogP contribution >= 0.6 is 0 Å². The second-order valence-electron chi connectivity index (χ2n) is 9.78. The molecule has 1 amide bonds. The van der Waals surface area contributed by atoms with Crippen LogP contribution in [0.2, 0.25) is 0 Å². The average Bonchev–Trinajstić information content (AvgIpc) is 3.15. The normalized spacial score (nSPS) is 20.7. The first-order valence-electron chi connectivity index (χ1n) is 12.1. The zero-order valence-corrected chi connectivity index (χ0v) is 19.3. The van der Waals surface area contributed by atoms with Crippen molar-refractivity contribution < 1.29 is 4.79 Å². The summed E-state index contributed by atoms with van der Waals surface area (Å²) in [6.07, 6.45) is 4.95. The maximum Gasteiger partial charge on any atom is 0.253 e. The minimum Gasteiger partial charge on any atom is -0.338 e. The fourth-order valence-corrected chi connectivity index (χ4v) is 5.43. The first kappa shape index (κ1) is 21.2. The molecule has 1 aromatic heterocycles. The van der Waals surface area contributed by atoms with Gasteiger partial charge < -0.3 is 9.80 Å². The zero-order valence-electron chi connectivity index (χ0n) is 19.3. The standard InChI is InChI=1S/C27H34N4O/c1-20-12-15-29(16-13-20)18-22-7-6-14-30(19-22)27(32)23-10-11-26-25(17-23)28-21(2)31(26)24-8-4-3-5-9-24/h3-5,8-11,17,20,22H,6-7,12-16,18-19H2,1-2H3. The van der Waals surface area contributed by atoms with Gasteiger partial charge in [-0.25, -0.2) is 4.98 Å². The lowest BCUT2D eigenvalue weighted by atomic mass is 9.94. The van der Waals surface area contributed by atoms with Gasteiger partial charge in [0.25, 0.3) is 5.91 Å². The molecule has 0 radical (unpaired) electrons. The van der Waals surface area contributed by atoms with Crippen LogP contribution in [0.3, 0.4) is 0 Å². The first-order chi connectivity index (χ1) is 15.6. The number of aromatic nitrogens is 2. The monoisotopic (exact) mass is 430 g/mol. The molecule has 1 unspecified atom stereocenters. The lowest BCUT2D eigenvalue weighted by Crippen LogP contribution is -2.45. The van der Waals surface area contributed by atoms with Gasteiger partial charge in [-0.2, -0.15) is 0 Å². The zero-order chi connectivity index (χ0) is 22.1. The average molecular weight is 431 g/mol. The van der Waals surface area contributed by atoms with Gasteiger partial charge >= 0.3 is 0 Å². The molecule has 3 heterocycles. The Hall–Kier alpha value is -2.66. The third-order valence-corrected chi connectivity index (χ3v) is 7.28. The summed E-state index contributed by atoms with van der Waals surface area (Å²) in [5.74, 6) is 2.53. The lowest BCUT2D eigenvalue weighted by molar-refractivity contribution is 0.0622. The van der Waals surface area contributed by atoms with Crippen LogP contribution < -0.4 is 0 Å². The largest absolute Gasteiger partial charge is 0.338 e. The van der Waals surface area contributed by atoms with Crippen molar-refractivity contribution in [1.29, 1.82) is 0 Å². The predicted octanol–water partition coefficient (Wildman–Crippen LogP) is 4.92. The fourth-order valence-electron chi connectivity index (χ4n) is 5.43. The van der Waals surface area contributed by atoms with E-state index in [9.17, 15) is 4.79 Å². The molecule has 5 rings (SSSR count). The number of para-hydroxylation sites is 1. The molecular weight excluding hydrogens is 396 g/mol. The summed E-state index contributed by atoms with van der Waals surface area (Å²) >= 11 is 0. The molecule has 32 heavy (non-hydrogen) atoms. The van der Waals surface area contributed by atoms with E-state index in [2.05, 4.69) is 33.4 Å². The summed E-state index contributed by atoms with van der Waals surface area (Å²) in [5.41, 5.74) is 3.77. The van der Waals surface area contributed by atoms with Crippen LogP contribution in [0.4, 0.5) is 0 Å². The van der Waals surface area contributed by atoms with Crippen LogP contribution in [-0.2, 0) is 0 Å². The number of rotatable bonds is 4. The number of hydrogen-bond donors (Lipinski definition) is 0. The molecule has 2 aliphatic heterocycles. The number of amides is 1. The van der Waals surface area contributed by atoms with Crippen LogP contribution in [0.1, 0.15) is 48.8 Å². The molecular formula is C27H34N4O. The lowest BCUT2D eigenvalue weighted by Gasteiger charge is -2.38. The van der Waals surface area contributed by atoms with Crippen LogP contribution in [0.5, 0.6) is 0 Å². The van der Waals surface area contributed by atoms with Gasteiger partial charge in [0, 0.05) is 30.9 Å². The number of carbonyl (C=O) groups is 1. The van der Waals surface area contributed by atoms with E-state index >= 15 is 0 Å². The molecule has 0 saturated carbocycles. The van der Waals surface area contributed by atoms with E-state index in [1.807, 2.05) is 43.3 Å². The van der Waals surface area contributed by atoms with Crippen molar-refractivity contribution in [2.45, 2.75) is 39.5 Å². The Morgan fingerprint density at radius 1 is 1.03 bits per heavy atom. The Bertz CT molecular complexity index is 1080. The van der Waals surface area contributed by atoms with Gasteiger partial charge in [-0.15, -0.1) is 0 Å². The quantitative estimate of drug-likeness (QED) is 0.590. The highest BCUT2D eigenvalue weighted by molar-refractivity contribution is 5.97. The van der Waals surface area contributed by atoms with Gasteiger partial charge in [-0.3, -0.25) is 9.36 Å². The minimum atomic E-state index is 0.149. The first-order valence-corrected chi connectivity index (χ1v) is 12.1. The highest BCUT2D eigenvalue weighted by atomic mass is 16.2. The van der Waals surface area contributed by atoms with Gasteiger partial charge in [0.1, 0.15) is 5.82 Å². The van der Waals surface area contributed by atoms with Crippen molar-refractivity contribution >= 4 is 16.9 Å². The number of benzene rings is 2. The van der Waals surface area contributed by atoms with Gasteiger partial charge in [-0.05, 0) is 87.9 Å². The summed E-state index contributed by atoms with van der Waals surface area (Å²) < 4.78 is 2.15. The number of likely N-dealkylation sites (tertiary alicyclic amines) is 2. The number of hydrogen-bond acceptors (Lipinski definition) is 3. The summed E-state index contributed by atoms with van der Waals surface area (Å²) in [5, 5.41) is 0.